The minimum atomic E-state index is -0.0138. The van der Waals surface area contributed by atoms with E-state index in [1.165, 1.54) is 32.1 Å². The maximum atomic E-state index is 14.1. The first-order valence-electron chi connectivity index (χ1n) is 13.0. The minimum Gasteiger partial charge on any atom is -0.349 e. The minimum absolute atomic E-state index is 0.0138. The first-order chi connectivity index (χ1) is 17.1. The number of nitrogens with zero attached hydrogens (tertiary/aromatic N) is 2. The number of piperazine rings is 1. The predicted octanol–water partition coefficient (Wildman–Crippen LogP) is 5.66. The molecule has 35 heavy (non-hydrogen) atoms. The van der Waals surface area contributed by atoms with Crippen molar-refractivity contribution in [1.82, 2.24) is 20.5 Å². The molecule has 184 valence electrons. The van der Waals surface area contributed by atoms with Gasteiger partial charge in [0.15, 0.2) is 0 Å². The number of carbonyl (C=O) groups is 1. The molecule has 2 aromatic carbocycles. The van der Waals surface area contributed by atoms with Crippen molar-refractivity contribution in [3.8, 4) is 11.3 Å². The summed E-state index contributed by atoms with van der Waals surface area (Å²) in [5.41, 5.74) is 4.42. The van der Waals surface area contributed by atoms with Gasteiger partial charge in [-0.3, -0.25) is 9.69 Å². The van der Waals surface area contributed by atoms with Crippen LogP contribution in [-0.4, -0.2) is 48.0 Å². The molecule has 1 aromatic heterocycles. The average Bonchev–Trinajstić information content (AvgIpc) is 2.90. The molecule has 2 N–H and O–H groups in total. The number of hydrogen-bond acceptors (Lipinski definition) is 4. The van der Waals surface area contributed by atoms with Gasteiger partial charge in [0.05, 0.1) is 16.8 Å². The van der Waals surface area contributed by atoms with Gasteiger partial charge in [0.2, 0.25) is 0 Å². The lowest BCUT2D eigenvalue weighted by molar-refractivity contribution is 0.0918. The highest BCUT2D eigenvalue weighted by atomic mass is 35.5. The molecule has 1 saturated carbocycles. The molecule has 2 heterocycles. The normalized spacial score (nSPS) is 18.5. The van der Waals surface area contributed by atoms with Crippen LogP contribution in [-0.2, 0) is 6.54 Å². The van der Waals surface area contributed by atoms with Gasteiger partial charge >= 0.3 is 0 Å². The van der Waals surface area contributed by atoms with Gasteiger partial charge in [0.1, 0.15) is 0 Å². The second kappa shape index (κ2) is 11.1. The maximum absolute atomic E-state index is 14.1. The van der Waals surface area contributed by atoms with Crippen molar-refractivity contribution in [3.05, 3.63) is 64.7 Å². The van der Waals surface area contributed by atoms with E-state index in [0.29, 0.717) is 17.5 Å². The van der Waals surface area contributed by atoms with E-state index in [4.69, 9.17) is 16.6 Å². The molecule has 1 saturated heterocycles. The van der Waals surface area contributed by atoms with Crippen LogP contribution >= 0.6 is 11.6 Å². The van der Waals surface area contributed by atoms with Crippen molar-refractivity contribution < 1.29 is 4.79 Å². The SMILES string of the molecule is C[C@H](NC(=O)c1c(CN2CCNCC2)c(-c2ccccc2)nc2ccc(Cl)cc12)C1CCCCC1. The lowest BCUT2D eigenvalue weighted by Crippen LogP contribution is -2.43. The Balaban J connectivity index is 1.62. The highest BCUT2D eigenvalue weighted by molar-refractivity contribution is 6.31. The number of amides is 1. The Kier molecular flexibility index (Phi) is 7.66. The lowest BCUT2D eigenvalue weighted by atomic mass is 9.84. The second-order valence-corrected chi connectivity index (χ2v) is 10.5. The molecule has 1 amide bonds. The number of carbonyl (C=O) groups excluding carboxylic acids is 1. The largest absolute Gasteiger partial charge is 0.349 e. The Morgan fingerprint density at radius 2 is 1.86 bits per heavy atom. The van der Waals surface area contributed by atoms with E-state index >= 15 is 0 Å². The molecule has 1 aliphatic carbocycles. The van der Waals surface area contributed by atoms with Crippen molar-refractivity contribution in [2.45, 2.75) is 51.6 Å². The summed E-state index contributed by atoms with van der Waals surface area (Å²) in [5.74, 6) is 0.523. The van der Waals surface area contributed by atoms with E-state index in [1.807, 2.05) is 36.4 Å². The summed E-state index contributed by atoms with van der Waals surface area (Å²) < 4.78 is 0. The molecule has 2 fully saturated rings. The second-order valence-electron chi connectivity index (χ2n) is 10.0. The molecule has 1 aliphatic heterocycles. The van der Waals surface area contributed by atoms with Crippen LogP contribution in [0.1, 0.15) is 54.9 Å². The topological polar surface area (TPSA) is 57.3 Å². The fraction of sp³-hybridized carbons (Fsp3) is 0.448. The van der Waals surface area contributed by atoms with Gasteiger partial charge in [0.25, 0.3) is 5.91 Å². The molecule has 0 unspecified atom stereocenters. The van der Waals surface area contributed by atoms with Gasteiger partial charge in [-0.2, -0.15) is 0 Å². The Bertz CT molecular complexity index is 1170. The van der Waals surface area contributed by atoms with Crippen LogP contribution in [0.25, 0.3) is 22.2 Å². The van der Waals surface area contributed by atoms with Crippen LogP contribution in [0.5, 0.6) is 0 Å². The number of halogens is 1. The number of pyridine rings is 1. The summed E-state index contributed by atoms with van der Waals surface area (Å²) in [4.78, 5) is 21.6. The lowest BCUT2D eigenvalue weighted by Gasteiger charge is -2.30. The third-order valence-corrected chi connectivity index (χ3v) is 7.86. The van der Waals surface area contributed by atoms with Gasteiger partial charge in [-0.15, -0.1) is 0 Å². The van der Waals surface area contributed by atoms with E-state index in [2.05, 4.69) is 34.6 Å². The highest BCUT2D eigenvalue weighted by Gasteiger charge is 2.27. The van der Waals surface area contributed by atoms with Gasteiger partial charge in [-0.25, -0.2) is 4.98 Å². The summed E-state index contributed by atoms with van der Waals surface area (Å²) in [6, 6.07) is 16.1. The molecule has 5 rings (SSSR count). The van der Waals surface area contributed by atoms with E-state index in [-0.39, 0.29) is 11.9 Å². The van der Waals surface area contributed by atoms with Crippen molar-refractivity contribution >= 4 is 28.4 Å². The Hall–Kier alpha value is -2.47. The first-order valence-corrected chi connectivity index (χ1v) is 13.4. The first kappa shape index (κ1) is 24.2. The van der Waals surface area contributed by atoms with Crippen LogP contribution < -0.4 is 10.6 Å². The Morgan fingerprint density at radius 1 is 1.11 bits per heavy atom. The fourth-order valence-corrected chi connectivity index (χ4v) is 5.82. The van der Waals surface area contributed by atoms with Crippen molar-refractivity contribution in [1.29, 1.82) is 0 Å². The molecule has 2 aliphatic rings. The van der Waals surface area contributed by atoms with Gasteiger partial charge in [-0.1, -0.05) is 61.2 Å². The molecule has 0 bridgehead atoms. The number of rotatable bonds is 6. The third kappa shape index (κ3) is 5.53. The number of nitrogens with one attached hydrogen (secondary N) is 2. The van der Waals surface area contributed by atoms with Crippen LogP contribution in [0.4, 0.5) is 0 Å². The summed E-state index contributed by atoms with van der Waals surface area (Å²) in [7, 11) is 0. The molecule has 0 spiro atoms. The number of benzene rings is 2. The van der Waals surface area contributed by atoms with Crippen LogP contribution in [0.3, 0.4) is 0 Å². The van der Waals surface area contributed by atoms with Gasteiger partial charge in [0, 0.05) is 60.3 Å². The predicted molar refractivity (Wildman–Crippen MR) is 144 cm³/mol. The molecule has 1 atom stereocenters. The monoisotopic (exact) mass is 490 g/mol. The molecule has 3 aromatic rings. The zero-order valence-electron chi connectivity index (χ0n) is 20.5. The molecular weight excluding hydrogens is 456 g/mol. The van der Waals surface area contributed by atoms with Crippen molar-refractivity contribution in [3.63, 3.8) is 0 Å². The highest BCUT2D eigenvalue weighted by Crippen LogP contribution is 2.33. The summed E-state index contributed by atoms with van der Waals surface area (Å²) in [5, 5.41) is 8.27. The van der Waals surface area contributed by atoms with E-state index in [1.54, 1.807) is 0 Å². The number of hydrogen-bond donors (Lipinski definition) is 2. The number of fused-ring (bicyclic) bond motifs is 1. The van der Waals surface area contributed by atoms with Gasteiger partial charge < -0.3 is 10.6 Å². The Labute approximate surface area is 213 Å². The summed E-state index contributed by atoms with van der Waals surface area (Å²) >= 11 is 6.45. The smallest absolute Gasteiger partial charge is 0.252 e. The quantitative estimate of drug-likeness (QED) is 0.468. The molecule has 5 nitrogen and oxygen atoms in total. The molecule has 6 heteroatoms. The fourth-order valence-electron chi connectivity index (χ4n) is 5.65. The van der Waals surface area contributed by atoms with Crippen LogP contribution in [0, 0.1) is 5.92 Å². The van der Waals surface area contributed by atoms with Crippen LogP contribution in [0.2, 0.25) is 5.02 Å². The molecule has 0 radical (unpaired) electrons. The van der Waals surface area contributed by atoms with Crippen LogP contribution in [0.15, 0.2) is 48.5 Å². The average molecular weight is 491 g/mol. The summed E-state index contributed by atoms with van der Waals surface area (Å²) in [6.07, 6.45) is 6.19. The summed E-state index contributed by atoms with van der Waals surface area (Å²) in [6.45, 7) is 6.64. The zero-order chi connectivity index (χ0) is 24.2. The maximum Gasteiger partial charge on any atom is 0.252 e. The van der Waals surface area contributed by atoms with Crippen molar-refractivity contribution in [2.24, 2.45) is 5.92 Å². The number of aromatic nitrogens is 1. The standard InChI is InChI=1S/C29H35ClN4O/c1-20(21-8-4-2-5-9-21)32-29(35)27-24-18-23(30)12-13-26(24)33-28(22-10-6-3-7-11-22)25(27)19-34-16-14-31-15-17-34/h3,6-7,10-13,18,20-21,31H,2,4-5,8-9,14-17,19H2,1H3,(H,32,35)/t20-/m0/s1. The zero-order valence-corrected chi connectivity index (χ0v) is 21.3. The Morgan fingerprint density at radius 3 is 2.60 bits per heavy atom. The van der Waals surface area contributed by atoms with E-state index in [0.717, 1.165) is 59.5 Å². The van der Waals surface area contributed by atoms with Gasteiger partial charge in [-0.05, 0) is 43.9 Å². The third-order valence-electron chi connectivity index (χ3n) is 7.63. The van der Waals surface area contributed by atoms with E-state index in [9.17, 15) is 4.79 Å². The van der Waals surface area contributed by atoms with E-state index < -0.39 is 0 Å². The molecular formula is C29H35ClN4O. The van der Waals surface area contributed by atoms with Crippen molar-refractivity contribution in [2.75, 3.05) is 26.2 Å².